The lowest BCUT2D eigenvalue weighted by Gasteiger charge is -2.41. The number of rotatable bonds is 5. The van der Waals surface area contributed by atoms with Crippen LogP contribution in [-0.4, -0.2) is 23.5 Å². The van der Waals surface area contributed by atoms with Crippen molar-refractivity contribution in [2.75, 3.05) is 6.54 Å². The molecule has 4 N–H and O–H groups in total. The minimum atomic E-state index is -0.0733. The van der Waals surface area contributed by atoms with Crippen LogP contribution < -0.4 is 11.1 Å². The van der Waals surface area contributed by atoms with Crippen molar-refractivity contribution in [3.8, 4) is 0 Å². The molecular weight excluding hydrogens is 254 g/mol. The lowest BCUT2D eigenvalue weighted by molar-refractivity contribution is 0.0850. The van der Waals surface area contributed by atoms with Gasteiger partial charge in [-0.25, -0.2) is 0 Å². The molecule has 1 aliphatic rings. The number of hydrogen-bond donors (Lipinski definition) is 3. The predicted octanol–water partition coefficient (Wildman–Crippen LogP) is 2.09. The first-order chi connectivity index (χ1) is 9.60. The van der Waals surface area contributed by atoms with E-state index in [4.69, 9.17) is 10.9 Å². The van der Waals surface area contributed by atoms with Crippen LogP contribution in [0.5, 0.6) is 0 Å². The fourth-order valence-electron chi connectivity index (χ4n) is 2.55. The van der Waals surface area contributed by atoms with E-state index in [1.165, 1.54) is 19.3 Å². The van der Waals surface area contributed by atoms with Crippen molar-refractivity contribution >= 4 is 11.7 Å². The van der Waals surface area contributed by atoms with Gasteiger partial charge in [0.15, 0.2) is 5.84 Å². The van der Waals surface area contributed by atoms with E-state index < -0.39 is 0 Å². The van der Waals surface area contributed by atoms with Crippen molar-refractivity contribution in [1.29, 1.82) is 0 Å². The van der Waals surface area contributed by atoms with Gasteiger partial charge < -0.3 is 16.3 Å². The number of nitrogens with two attached hydrogens (primary N) is 1. The van der Waals surface area contributed by atoms with Crippen molar-refractivity contribution in [2.24, 2.45) is 16.3 Å². The average Bonchev–Trinajstić information content (AvgIpc) is 2.45. The van der Waals surface area contributed by atoms with E-state index in [-0.39, 0.29) is 11.7 Å². The summed E-state index contributed by atoms with van der Waals surface area (Å²) >= 11 is 0. The number of hydrogen-bond acceptors (Lipinski definition) is 3. The molecule has 0 radical (unpaired) electrons. The predicted molar refractivity (Wildman–Crippen MR) is 77.9 cm³/mol. The van der Waals surface area contributed by atoms with Gasteiger partial charge in [-0.2, -0.15) is 0 Å². The van der Waals surface area contributed by atoms with E-state index in [0.29, 0.717) is 16.5 Å². The fraction of sp³-hybridized carbons (Fsp3) is 0.467. The first kappa shape index (κ1) is 14.4. The van der Waals surface area contributed by atoms with Crippen LogP contribution in [0, 0.1) is 5.41 Å². The summed E-state index contributed by atoms with van der Waals surface area (Å²) in [4.78, 5) is 12.1. The first-order valence-corrected chi connectivity index (χ1v) is 6.96. The van der Waals surface area contributed by atoms with Gasteiger partial charge in [0.05, 0.1) is 0 Å². The molecule has 108 valence electrons. The van der Waals surface area contributed by atoms with E-state index >= 15 is 0 Å². The molecule has 0 heterocycles. The second-order valence-electron chi connectivity index (χ2n) is 5.45. The molecule has 0 aromatic heterocycles. The second-order valence-corrected chi connectivity index (χ2v) is 5.45. The van der Waals surface area contributed by atoms with Crippen molar-refractivity contribution in [2.45, 2.75) is 32.6 Å². The largest absolute Gasteiger partial charge is 0.409 e. The number of benzene rings is 1. The molecule has 0 aliphatic heterocycles. The summed E-state index contributed by atoms with van der Waals surface area (Å²) in [5.74, 6) is -0.0351. The zero-order valence-corrected chi connectivity index (χ0v) is 11.7. The number of amidine groups is 1. The highest BCUT2D eigenvalue weighted by Crippen LogP contribution is 2.43. The third-order valence-corrected chi connectivity index (χ3v) is 4.34. The first-order valence-electron chi connectivity index (χ1n) is 6.96. The van der Waals surface area contributed by atoms with Crippen LogP contribution in [0.4, 0.5) is 0 Å². The Morgan fingerprint density at radius 3 is 2.40 bits per heavy atom. The van der Waals surface area contributed by atoms with Gasteiger partial charge in [-0.3, -0.25) is 4.79 Å². The van der Waals surface area contributed by atoms with Gasteiger partial charge in [0.2, 0.25) is 0 Å². The molecule has 1 aromatic carbocycles. The molecule has 1 saturated carbocycles. The number of oxime groups is 1. The molecule has 1 amide bonds. The molecule has 0 bridgehead atoms. The lowest BCUT2D eigenvalue weighted by Crippen LogP contribution is -2.41. The third kappa shape index (κ3) is 2.92. The summed E-state index contributed by atoms with van der Waals surface area (Å²) in [6.07, 6.45) is 4.77. The van der Waals surface area contributed by atoms with Crippen LogP contribution in [0.1, 0.15) is 48.5 Å². The van der Waals surface area contributed by atoms with Crippen molar-refractivity contribution in [3.05, 3.63) is 35.4 Å². The second kappa shape index (κ2) is 5.94. The highest BCUT2D eigenvalue weighted by Gasteiger charge is 2.35. The summed E-state index contributed by atoms with van der Waals surface area (Å²) < 4.78 is 0. The smallest absolute Gasteiger partial charge is 0.251 e. The van der Waals surface area contributed by atoms with Crippen LogP contribution in [0.2, 0.25) is 0 Å². The zero-order chi connectivity index (χ0) is 14.6. The van der Waals surface area contributed by atoms with Crippen molar-refractivity contribution < 1.29 is 10.0 Å². The Morgan fingerprint density at radius 2 is 1.95 bits per heavy atom. The van der Waals surface area contributed by atoms with Crippen LogP contribution >= 0.6 is 0 Å². The summed E-state index contributed by atoms with van der Waals surface area (Å²) in [6.45, 7) is 2.92. The Kier molecular flexibility index (Phi) is 4.27. The number of nitrogens with zero attached hydrogens (tertiary/aromatic N) is 1. The SMILES string of the molecule is CCC1(CNC(=O)c2ccc(/C(N)=N/O)cc2)CCC1. The van der Waals surface area contributed by atoms with E-state index in [0.717, 1.165) is 13.0 Å². The minimum Gasteiger partial charge on any atom is -0.409 e. The highest BCUT2D eigenvalue weighted by atomic mass is 16.4. The van der Waals surface area contributed by atoms with E-state index in [1.54, 1.807) is 24.3 Å². The molecule has 1 fully saturated rings. The van der Waals surface area contributed by atoms with Crippen LogP contribution in [0.25, 0.3) is 0 Å². The molecule has 1 aromatic rings. The number of nitrogens with one attached hydrogen (secondary N) is 1. The molecule has 0 atom stereocenters. The van der Waals surface area contributed by atoms with Crippen molar-refractivity contribution in [1.82, 2.24) is 5.32 Å². The van der Waals surface area contributed by atoms with Crippen molar-refractivity contribution in [3.63, 3.8) is 0 Å². The Morgan fingerprint density at radius 1 is 1.35 bits per heavy atom. The fourth-order valence-corrected chi connectivity index (χ4v) is 2.55. The molecule has 5 nitrogen and oxygen atoms in total. The maximum Gasteiger partial charge on any atom is 0.251 e. The summed E-state index contributed by atoms with van der Waals surface area (Å²) in [5.41, 5.74) is 6.97. The molecular formula is C15H21N3O2. The molecule has 0 spiro atoms. The van der Waals surface area contributed by atoms with Gasteiger partial charge >= 0.3 is 0 Å². The topological polar surface area (TPSA) is 87.7 Å². The molecule has 0 unspecified atom stereocenters. The molecule has 2 rings (SSSR count). The Bertz CT molecular complexity index is 499. The maximum absolute atomic E-state index is 12.1. The highest BCUT2D eigenvalue weighted by molar-refractivity contribution is 5.99. The van der Waals surface area contributed by atoms with Gasteiger partial charge in [0, 0.05) is 17.7 Å². The van der Waals surface area contributed by atoms with Gasteiger partial charge in [-0.15, -0.1) is 0 Å². The van der Waals surface area contributed by atoms with Gasteiger partial charge in [0.1, 0.15) is 0 Å². The summed E-state index contributed by atoms with van der Waals surface area (Å²) in [7, 11) is 0. The molecule has 1 aliphatic carbocycles. The summed E-state index contributed by atoms with van der Waals surface area (Å²) in [5, 5.41) is 14.5. The lowest BCUT2D eigenvalue weighted by atomic mass is 9.67. The molecule has 5 heteroatoms. The summed E-state index contributed by atoms with van der Waals surface area (Å²) in [6, 6.07) is 6.70. The minimum absolute atomic E-state index is 0.0383. The molecule has 20 heavy (non-hydrogen) atoms. The van der Waals surface area contributed by atoms with Gasteiger partial charge in [-0.05, 0) is 36.8 Å². The number of amides is 1. The van der Waals surface area contributed by atoms with Gasteiger partial charge in [0.25, 0.3) is 5.91 Å². The third-order valence-electron chi connectivity index (χ3n) is 4.34. The quantitative estimate of drug-likeness (QED) is 0.333. The molecule has 0 saturated heterocycles. The number of carbonyl (C=O) groups is 1. The maximum atomic E-state index is 12.1. The van der Waals surface area contributed by atoms with Gasteiger partial charge in [-0.1, -0.05) is 30.6 Å². The van der Waals surface area contributed by atoms with E-state index in [2.05, 4.69) is 17.4 Å². The standard InChI is InChI=1S/C15H21N3O2/c1-2-15(8-3-9-15)10-17-14(19)12-6-4-11(5-7-12)13(16)18-20/h4-7,20H,2-3,8-10H2,1H3,(H2,16,18)(H,17,19). The van der Waals surface area contributed by atoms with E-state index in [1.807, 2.05) is 0 Å². The monoisotopic (exact) mass is 275 g/mol. The Labute approximate surface area is 118 Å². The zero-order valence-electron chi connectivity index (χ0n) is 11.7. The number of carbonyl (C=O) groups excluding carboxylic acids is 1. The average molecular weight is 275 g/mol. The Balaban J connectivity index is 1.96. The van der Waals surface area contributed by atoms with Crippen LogP contribution in [0.15, 0.2) is 29.4 Å². The normalized spacial score (nSPS) is 17.4. The Hall–Kier alpha value is -2.04. The van der Waals surface area contributed by atoms with Crippen LogP contribution in [0.3, 0.4) is 0 Å². The van der Waals surface area contributed by atoms with Crippen LogP contribution in [-0.2, 0) is 0 Å². The van der Waals surface area contributed by atoms with E-state index in [9.17, 15) is 4.79 Å².